The van der Waals surface area contributed by atoms with Crippen LogP contribution < -0.4 is 10.2 Å². The zero-order valence-electron chi connectivity index (χ0n) is 10.6. The van der Waals surface area contributed by atoms with E-state index in [0.29, 0.717) is 5.69 Å². The molecule has 2 heterocycles. The molecule has 0 bridgehead atoms. The van der Waals surface area contributed by atoms with Crippen molar-refractivity contribution in [1.29, 1.82) is 0 Å². The minimum atomic E-state index is -0.426. The van der Waals surface area contributed by atoms with E-state index in [-0.39, 0.29) is 12.5 Å². The molecule has 1 aromatic heterocycles. The number of hydrogen-bond donors (Lipinski definition) is 2. The molecule has 0 aliphatic carbocycles. The van der Waals surface area contributed by atoms with E-state index in [0.717, 1.165) is 18.9 Å². The van der Waals surface area contributed by atoms with E-state index in [9.17, 15) is 9.90 Å². The van der Waals surface area contributed by atoms with Crippen molar-refractivity contribution in [3.63, 3.8) is 0 Å². The maximum absolute atomic E-state index is 11.1. The third-order valence-corrected chi connectivity index (χ3v) is 3.10. The number of pyridine rings is 1. The molecule has 1 atom stereocenters. The number of amides is 1. The summed E-state index contributed by atoms with van der Waals surface area (Å²) in [5.74, 6) is 0.760. The highest BCUT2D eigenvalue weighted by molar-refractivity contribution is 5.73. The summed E-state index contributed by atoms with van der Waals surface area (Å²) in [5.41, 5.74) is 0.706. The van der Waals surface area contributed by atoms with Gasteiger partial charge in [0.15, 0.2) is 0 Å². The van der Waals surface area contributed by atoms with Crippen molar-refractivity contribution in [3.8, 4) is 0 Å². The van der Waals surface area contributed by atoms with Crippen LogP contribution in [0.4, 0.5) is 5.82 Å². The zero-order chi connectivity index (χ0) is 13.0. The molecule has 2 N–H and O–H groups in total. The quantitative estimate of drug-likeness (QED) is 0.830. The summed E-state index contributed by atoms with van der Waals surface area (Å²) < 4.78 is 0. The van der Waals surface area contributed by atoms with Gasteiger partial charge in [0.05, 0.1) is 18.3 Å². The van der Waals surface area contributed by atoms with Gasteiger partial charge in [0.2, 0.25) is 5.91 Å². The van der Waals surface area contributed by atoms with Crippen molar-refractivity contribution >= 4 is 11.7 Å². The van der Waals surface area contributed by atoms with Gasteiger partial charge < -0.3 is 15.3 Å². The molecule has 1 aromatic rings. The van der Waals surface area contributed by atoms with Gasteiger partial charge in [-0.3, -0.25) is 4.79 Å². The number of nitrogens with one attached hydrogen (secondary N) is 1. The van der Waals surface area contributed by atoms with Crippen LogP contribution in [0.15, 0.2) is 18.2 Å². The number of carbonyl (C=O) groups is 1. The first kappa shape index (κ1) is 12.8. The third kappa shape index (κ3) is 2.98. The van der Waals surface area contributed by atoms with Gasteiger partial charge in [-0.1, -0.05) is 6.07 Å². The summed E-state index contributed by atoms with van der Waals surface area (Å²) in [5, 5.41) is 12.0. The number of aliphatic hydroxyl groups excluding tert-OH is 1. The highest BCUT2D eigenvalue weighted by Gasteiger charge is 2.17. The zero-order valence-corrected chi connectivity index (χ0v) is 10.6. The first-order valence-electron chi connectivity index (χ1n) is 6.30. The van der Waals surface area contributed by atoms with Crippen LogP contribution in [-0.4, -0.2) is 35.7 Å². The number of nitrogens with zero attached hydrogens (tertiary/aromatic N) is 2. The second-order valence-electron chi connectivity index (χ2n) is 4.55. The number of aromatic nitrogens is 1. The van der Waals surface area contributed by atoms with Crippen LogP contribution in [0.3, 0.4) is 0 Å². The minimum absolute atomic E-state index is 0.143. The molecule has 1 saturated heterocycles. The molecule has 1 amide bonds. The number of carbonyl (C=O) groups excluding carboxylic acids is 1. The van der Waals surface area contributed by atoms with E-state index < -0.39 is 6.04 Å². The first-order valence-corrected chi connectivity index (χ1v) is 6.30. The Kier molecular flexibility index (Phi) is 4.15. The van der Waals surface area contributed by atoms with Crippen molar-refractivity contribution in [1.82, 2.24) is 10.3 Å². The van der Waals surface area contributed by atoms with Gasteiger partial charge in [-0.15, -0.1) is 0 Å². The lowest BCUT2D eigenvalue weighted by atomic mass is 10.2. The Bertz CT molecular complexity index is 416. The van der Waals surface area contributed by atoms with Crippen molar-refractivity contribution < 1.29 is 9.90 Å². The van der Waals surface area contributed by atoms with Gasteiger partial charge >= 0.3 is 0 Å². The minimum Gasteiger partial charge on any atom is -0.394 e. The summed E-state index contributed by atoms with van der Waals surface area (Å²) in [6.07, 6.45) is 2.39. The molecule has 1 aliphatic rings. The summed E-state index contributed by atoms with van der Waals surface area (Å²) in [6.45, 7) is 3.35. The molecule has 5 heteroatoms. The molecular formula is C13H19N3O2. The standard InChI is InChI=1S/C13H19N3O2/c1-10(18)14-12(9-17)11-5-4-6-13(15-11)16-7-2-3-8-16/h4-6,12,17H,2-3,7-9H2,1H3,(H,14,18)/t12-/m1/s1. The summed E-state index contributed by atoms with van der Waals surface area (Å²) in [6, 6.07) is 5.29. The average Bonchev–Trinajstić information content (AvgIpc) is 2.89. The van der Waals surface area contributed by atoms with Gasteiger partial charge in [-0.05, 0) is 25.0 Å². The summed E-state index contributed by atoms with van der Waals surface area (Å²) in [4.78, 5) is 17.8. The molecular weight excluding hydrogens is 230 g/mol. The maximum atomic E-state index is 11.1. The van der Waals surface area contributed by atoms with E-state index in [1.165, 1.54) is 19.8 Å². The normalized spacial score (nSPS) is 16.7. The fourth-order valence-electron chi connectivity index (χ4n) is 2.21. The maximum Gasteiger partial charge on any atom is 0.217 e. The molecule has 5 nitrogen and oxygen atoms in total. The lowest BCUT2D eigenvalue weighted by Gasteiger charge is -2.20. The van der Waals surface area contributed by atoms with Crippen molar-refractivity contribution in [2.45, 2.75) is 25.8 Å². The second kappa shape index (κ2) is 5.82. The van der Waals surface area contributed by atoms with Crippen molar-refractivity contribution in [3.05, 3.63) is 23.9 Å². The van der Waals surface area contributed by atoms with E-state index >= 15 is 0 Å². The highest BCUT2D eigenvalue weighted by atomic mass is 16.3. The predicted molar refractivity (Wildman–Crippen MR) is 69.3 cm³/mol. The fraction of sp³-hybridized carbons (Fsp3) is 0.538. The Morgan fingerprint density at radius 2 is 2.22 bits per heavy atom. The molecule has 2 rings (SSSR count). The molecule has 0 unspecified atom stereocenters. The molecule has 1 fully saturated rings. The Morgan fingerprint density at radius 1 is 1.50 bits per heavy atom. The van der Waals surface area contributed by atoms with Gasteiger partial charge in [0.25, 0.3) is 0 Å². The molecule has 98 valence electrons. The Balaban J connectivity index is 2.16. The van der Waals surface area contributed by atoms with Gasteiger partial charge in [0, 0.05) is 20.0 Å². The number of aliphatic hydroxyl groups is 1. The Labute approximate surface area is 107 Å². The SMILES string of the molecule is CC(=O)N[C@H](CO)c1cccc(N2CCCC2)n1. The van der Waals surface area contributed by atoms with Crippen molar-refractivity contribution in [2.24, 2.45) is 0 Å². The monoisotopic (exact) mass is 249 g/mol. The van der Waals surface area contributed by atoms with Crippen LogP contribution in [-0.2, 0) is 4.79 Å². The van der Waals surface area contributed by atoms with Crippen LogP contribution >= 0.6 is 0 Å². The van der Waals surface area contributed by atoms with Crippen LogP contribution in [0.1, 0.15) is 31.5 Å². The molecule has 18 heavy (non-hydrogen) atoms. The van der Waals surface area contributed by atoms with E-state index in [4.69, 9.17) is 0 Å². The lowest BCUT2D eigenvalue weighted by Crippen LogP contribution is -2.30. The summed E-state index contributed by atoms with van der Waals surface area (Å²) >= 11 is 0. The third-order valence-electron chi connectivity index (χ3n) is 3.10. The molecule has 0 aromatic carbocycles. The predicted octanol–water partition coefficient (Wildman–Crippen LogP) is 0.851. The van der Waals surface area contributed by atoms with E-state index in [2.05, 4.69) is 15.2 Å². The second-order valence-corrected chi connectivity index (χ2v) is 4.55. The number of rotatable bonds is 4. The van der Waals surface area contributed by atoms with E-state index in [1.807, 2.05) is 18.2 Å². The van der Waals surface area contributed by atoms with Crippen molar-refractivity contribution in [2.75, 3.05) is 24.6 Å². The topological polar surface area (TPSA) is 65.5 Å². The van der Waals surface area contributed by atoms with Gasteiger partial charge in [-0.2, -0.15) is 0 Å². The highest BCUT2D eigenvalue weighted by Crippen LogP contribution is 2.20. The van der Waals surface area contributed by atoms with Gasteiger partial charge in [-0.25, -0.2) is 4.98 Å². The van der Waals surface area contributed by atoms with Crippen LogP contribution in [0, 0.1) is 0 Å². The van der Waals surface area contributed by atoms with Gasteiger partial charge in [0.1, 0.15) is 5.82 Å². The summed E-state index contributed by atoms with van der Waals surface area (Å²) in [7, 11) is 0. The Morgan fingerprint density at radius 3 is 2.83 bits per heavy atom. The Hall–Kier alpha value is -1.62. The molecule has 0 saturated carbocycles. The lowest BCUT2D eigenvalue weighted by molar-refractivity contribution is -0.120. The molecule has 0 spiro atoms. The first-order chi connectivity index (χ1) is 8.70. The van der Waals surface area contributed by atoms with E-state index in [1.54, 1.807) is 0 Å². The fourth-order valence-corrected chi connectivity index (χ4v) is 2.21. The smallest absolute Gasteiger partial charge is 0.217 e. The number of anilines is 1. The average molecular weight is 249 g/mol. The molecule has 1 aliphatic heterocycles. The van der Waals surface area contributed by atoms with Crippen LogP contribution in [0.2, 0.25) is 0 Å². The van der Waals surface area contributed by atoms with Crippen LogP contribution in [0.25, 0.3) is 0 Å². The largest absolute Gasteiger partial charge is 0.394 e. The number of hydrogen-bond acceptors (Lipinski definition) is 4. The van der Waals surface area contributed by atoms with Crippen LogP contribution in [0.5, 0.6) is 0 Å². The molecule has 0 radical (unpaired) electrons.